The van der Waals surface area contributed by atoms with E-state index in [9.17, 15) is 0 Å². The zero-order valence-corrected chi connectivity index (χ0v) is 15.1. The lowest BCUT2D eigenvalue weighted by Gasteiger charge is -2.13. The lowest BCUT2D eigenvalue weighted by Crippen LogP contribution is -1.85. The topological polar surface area (TPSA) is 0 Å². The monoisotopic (exact) mass is 338 g/mol. The summed E-state index contributed by atoms with van der Waals surface area (Å²) in [5, 5.41) is 1.35. The molecule has 0 aliphatic rings. The number of aryl methyl sites for hydroxylation is 1. The van der Waals surface area contributed by atoms with Crippen LogP contribution in [0.4, 0.5) is 0 Å². The van der Waals surface area contributed by atoms with Gasteiger partial charge < -0.3 is 0 Å². The van der Waals surface area contributed by atoms with Crippen molar-refractivity contribution in [2.75, 3.05) is 0 Å². The molecule has 0 saturated heterocycles. The van der Waals surface area contributed by atoms with E-state index in [0.717, 1.165) is 0 Å². The van der Waals surface area contributed by atoms with Gasteiger partial charge in [0.15, 0.2) is 0 Å². The quantitative estimate of drug-likeness (QED) is 0.361. The predicted octanol–water partition coefficient (Wildman–Crippen LogP) is 7.58. The fraction of sp³-hybridized carbons (Fsp3) is 0.0417. The van der Waals surface area contributed by atoms with Gasteiger partial charge in [0.25, 0.3) is 0 Å². The second-order valence-electron chi connectivity index (χ2n) is 6.21. The van der Waals surface area contributed by atoms with E-state index in [4.69, 9.17) is 0 Å². The van der Waals surface area contributed by atoms with Gasteiger partial charge in [0.1, 0.15) is 0 Å². The Hall–Kier alpha value is -2.69. The largest absolute Gasteiger partial charge is 0.0671 e. The van der Waals surface area contributed by atoms with Crippen LogP contribution in [0.25, 0.3) is 33.1 Å². The van der Waals surface area contributed by atoms with E-state index in [1.165, 1.54) is 46.9 Å². The molecule has 0 nitrogen and oxygen atoms in total. The maximum atomic E-state index is 2.35. The number of hydrogen-bond donors (Lipinski definition) is 0. The molecule has 0 spiro atoms. The molecule has 0 fully saturated rings. The molecule has 1 heterocycles. The Morgan fingerprint density at radius 2 is 1.12 bits per heavy atom. The molecule has 0 bridgehead atoms. The molecule has 0 saturated carbocycles. The minimum absolute atomic E-state index is 1.24. The van der Waals surface area contributed by atoms with Crippen LogP contribution in [-0.4, -0.2) is 0 Å². The standard InChI is InChI=1S/C24H19P/c1-18-12-14-21(15-13-18)24-16-22(19-8-4-2-5-9-19)23(17-25-24)20-10-6-3-7-11-20/h2-17H,1H3. The van der Waals surface area contributed by atoms with Gasteiger partial charge in [-0.05, 0) is 46.6 Å². The van der Waals surface area contributed by atoms with E-state index in [1.807, 2.05) is 0 Å². The lowest BCUT2D eigenvalue weighted by atomic mass is 9.96. The molecule has 3 aromatic carbocycles. The van der Waals surface area contributed by atoms with Crippen LogP contribution in [0.2, 0.25) is 0 Å². The highest BCUT2D eigenvalue weighted by Crippen LogP contribution is 2.40. The van der Waals surface area contributed by atoms with Crippen molar-refractivity contribution in [3.8, 4) is 33.1 Å². The first-order valence-electron chi connectivity index (χ1n) is 8.49. The molecule has 0 amide bonds. The highest BCUT2D eigenvalue weighted by Gasteiger charge is 2.10. The fourth-order valence-corrected chi connectivity index (χ4v) is 4.10. The molecule has 4 rings (SSSR count). The molecule has 25 heavy (non-hydrogen) atoms. The first-order chi connectivity index (χ1) is 12.3. The average Bonchev–Trinajstić information content (AvgIpc) is 2.69. The van der Waals surface area contributed by atoms with Crippen molar-refractivity contribution in [3.63, 3.8) is 0 Å². The first kappa shape index (κ1) is 15.8. The van der Waals surface area contributed by atoms with Gasteiger partial charge in [0.05, 0.1) is 0 Å². The molecule has 0 aliphatic heterocycles. The molecule has 0 N–H and O–H groups in total. The summed E-state index contributed by atoms with van der Waals surface area (Å²) in [6, 6.07) is 32.5. The summed E-state index contributed by atoms with van der Waals surface area (Å²) < 4.78 is 0. The maximum absolute atomic E-state index is 2.35. The van der Waals surface area contributed by atoms with Crippen LogP contribution in [0.5, 0.6) is 0 Å². The smallest absolute Gasteiger partial charge is 0.00968 e. The predicted molar refractivity (Wildman–Crippen MR) is 110 cm³/mol. The third kappa shape index (κ3) is 3.40. The molecule has 0 radical (unpaired) electrons. The molecule has 4 aromatic rings. The van der Waals surface area contributed by atoms with Crippen LogP contribution in [0, 0.1) is 6.92 Å². The van der Waals surface area contributed by atoms with Crippen LogP contribution in [0.1, 0.15) is 5.56 Å². The molecular weight excluding hydrogens is 319 g/mol. The molecule has 0 atom stereocenters. The molecule has 1 aromatic heterocycles. The van der Waals surface area contributed by atoms with Gasteiger partial charge in [-0.2, -0.15) is 0 Å². The van der Waals surface area contributed by atoms with Crippen molar-refractivity contribution in [2.24, 2.45) is 0 Å². The summed E-state index contributed by atoms with van der Waals surface area (Å²) >= 11 is 0. The van der Waals surface area contributed by atoms with Crippen LogP contribution >= 0.6 is 8.19 Å². The Morgan fingerprint density at radius 3 is 1.72 bits per heavy atom. The number of rotatable bonds is 3. The summed E-state index contributed by atoms with van der Waals surface area (Å²) in [4.78, 5) is 0. The summed E-state index contributed by atoms with van der Waals surface area (Å²) in [5.41, 5.74) is 7.73. The highest BCUT2D eigenvalue weighted by molar-refractivity contribution is 7.33. The Balaban J connectivity index is 1.90. The summed E-state index contributed by atoms with van der Waals surface area (Å²) in [6.07, 6.45) is 0. The van der Waals surface area contributed by atoms with Crippen molar-refractivity contribution in [1.82, 2.24) is 0 Å². The van der Waals surface area contributed by atoms with Crippen molar-refractivity contribution in [2.45, 2.75) is 6.92 Å². The van der Waals surface area contributed by atoms with Gasteiger partial charge in [-0.25, -0.2) is 0 Å². The Bertz CT molecular complexity index is 971. The van der Waals surface area contributed by atoms with Gasteiger partial charge in [0.2, 0.25) is 0 Å². The molecule has 0 aliphatic carbocycles. The zero-order chi connectivity index (χ0) is 17.1. The first-order valence-corrected chi connectivity index (χ1v) is 9.45. The maximum Gasteiger partial charge on any atom is 0.00968 e. The van der Waals surface area contributed by atoms with Crippen LogP contribution in [0.15, 0.2) is 96.8 Å². The van der Waals surface area contributed by atoms with E-state index in [1.54, 1.807) is 0 Å². The summed E-state index contributed by atoms with van der Waals surface area (Å²) in [5.74, 6) is 2.34. The minimum atomic E-state index is 1.24. The number of hydrogen-bond acceptors (Lipinski definition) is 0. The zero-order valence-electron chi connectivity index (χ0n) is 14.2. The van der Waals surface area contributed by atoms with Crippen LogP contribution < -0.4 is 0 Å². The summed E-state index contributed by atoms with van der Waals surface area (Å²) in [6.45, 7) is 2.13. The van der Waals surface area contributed by atoms with E-state index in [2.05, 4.69) is 104 Å². The second kappa shape index (κ2) is 7.05. The summed E-state index contributed by atoms with van der Waals surface area (Å²) in [7, 11) is 1.24. The molecule has 1 heteroatoms. The van der Waals surface area contributed by atoms with Gasteiger partial charge in [-0.15, -0.1) is 0 Å². The van der Waals surface area contributed by atoms with Crippen LogP contribution in [0.3, 0.4) is 0 Å². The Morgan fingerprint density at radius 1 is 0.560 bits per heavy atom. The molecule has 120 valence electrons. The highest BCUT2D eigenvalue weighted by atomic mass is 31.0. The van der Waals surface area contributed by atoms with Crippen molar-refractivity contribution < 1.29 is 0 Å². The SMILES string of the molecule is Cc1ccc(-c2cc(-c3ccccc3)c(-c3ccccc3)cp2)cc1. The third-order valence-electron chi connectivity index (χ3n) is 4.42. The second-order valence-corrected chi connectivity index (χ2v) is 7.21. The van der Waals surface area contributed by atoms with Crippen molar-refractivity contribution in [1.29, 1.82) is 0 Å². The van der Waals surface area contributed by atoms with Gasteiger partial charge in [-0.1, -0.05) is 98.7 Å². The fourth-order valence-electron chi connectivity index (χ4n) is 3.04. The minimum Gasteiger partial charge on any atom is -0.0671 e. The molecular formula is C24H19P. The van der Waals surface area contributed by atoms with Crippen molar-refractivity contribution >= 4 is 8.19 Å². The third-order valence-corrected chi connectivity index (χ3v) is 5.47. The van der Waals surface area contributed by atoms with Gasteiger partial charge in [-0.3, -0.25) is 0 Å². The van der Waals surface area contributed by atoms with Gasteiger partial charge >= 0.3 is 0 Å². The lowest BCUT2D eigenvalue weighted by molar-refractivity contribution is 1.48. The van der Waals surface area contributed by atoms with E-state index < -0.39 is 0 Å². The normalized spacial score (nSPS) is 10.9. The van der Waals surface area contributed by atoms with E-state index in [0.29, 0.717) is 0 Å². The Kier molecular flexibility index (Phi) is 4.46. The van der Waals surface area contributed by atoms with E-state index >= 15 is 0 Å². The average molecular weight is 338 g/mol. The molecule has 0 unspecified atom stereocenters. The number of benzene rings is 3. The van der Waals surface area contributed by atoms with Crippen LogP contribution in [-0.2, 0) is 0 Å². The van der Waals surface area contributed by atoms with Gasteiger partial charge in [0, 0.05) is 5.30 Å². The van der Waals surface area contributed by atoms with Crippen molar-refractivity contribution in [3.05, 3.63) is 102 Å². The Labute approximate surface area is 150 Å². The van der Waals surface area contributed by atoms with E-state index in [-0.39, 0.29) is 0 Å².